The molecule has 4 rings (SSSR count). The number of sulfonamides is 1. The van der Waals surface area contributed by atoms with Crippen molar-refractivity contribution in [1.82, 2.24) is 4.90 Å². The molecule has 0 fully saturated rings. The fourth-order valence-corrected chi connectivity index (χ4v) is 5.92. The summed E-state index contributed by atoms with van der Waals surface area (Å²) in [6.07, 6.45) is 0.835. The van der Waals surface area contributed by atoms with E-state index in [1.54, 1.807) is 58.0 Å². The van der Waals surface area contributed by atoms with Crippen LogP contribution >= 0.6 is 22.7 Å². The highest BCUT2D eigenvalue weighted by molar-refractivity contribution is 7.94. The zero-order chi connectivity index (χ0) is 18.1. The van der Waals surface area contributed by atoms with Crippen molar-refractivity contribution in [3.63, 3.8) is 0 Å². The van der Waals surface area contributed by atoms with Gasteiger partial charge in [-0.15, -0.1) is 22.7 Å². The van der Waals surface area contributed by atoms with Gasteiger partial charge in [0.15, 0.2) is 0 Å². The molecule has 0 atom stereocenters. The number of nitrogens with one attached hydrogen (secondary N) is 1. The van der Waals surface area contributed by atoms with Crippen LogP contribution in [0.3, 0.4) is 0 Å². The largest absolute Gasteiger partial charge is 0.334 e. The first-order valence-corrected chi connectivity index (χ1v) is 11.3. The maximum Gasteiger partial charge on any atom is 0.271 e. The number of nitrogens with zero attached hydrogens (tertiary/aromatic N) is 1. The van der Waals surface area contributed by atoms with Crippen molar-refractivity contribution in [3.8, 4) is 0 Å². The quantitative estimate of drug-likeness (QED) is 0.719. The van der Waals surface area contributed by atoms with Gasteiger partial charge in [0.25, 0.3) is 15.9 Å². The lowest BCUT2D eigenvalue weighted by atomic mass is 10.1. The van der Waals surface area contributed by atoms with E-state index >= 15 is 0 Å². The third-order valence-corrected chi connectivity index (χ3v) is 8.04. The Morgan fingerprint density at radius 1 is 1.04 bits per heavy atom. The molecule has 1 amide bonds. The molecule has 5 nitrogen and oxygen atoms in total. The third kappa shape index (κ3) is 3.27. The average Bonchev–Trinajstić information content (AvgIpc) is 3.32. The Morgan fingerprint density at radius 2 is 1.88 bits per heavy atom. The lowest BCUT2D eigenvalue weighted by Crippen LogP contribution is -2.35. The van der Waals surface area contributed by atoms with Gasteiger partial charge in [0.1, 0.15) is 4.21 Å². The van der Waals surface area contributed by atoms with Crippen LogP contribution in [0.25, 0.3) is 0 Å². The maximum absolute atomic E-state index is 13.0. The van der Waals surface area contributed by atoms with Crippen molar-refractivity contribution in [3.05, 3.63) is 69.2 Å². The van der Waals surface area contributed by atoms with Crippen LogP contribution in [0.1, 0.15) is 20.8 Å². The minimum absolute atomic E-state index is 0.161. The standard InChI is InChI=1S/C18H16N2O3S3/c21-18(20-9-7-16-13(12-20)8-11-24-16)14-4-1-2-5-15(14)19-26(22,23)17-6-3-10-25-17/h1-6,8,10-11,19H,7,9,12H2. The lowest BCUT2D eigenvalue weighted by Gasteiger charge is -2.27. The zero-order valence-corrected chi connectivity index (χ0v) is 16.2. The van der Waals surface area contributed by atoms with Crippen molar-refractivity contribution in [1.29, 1.82) is 0 Å². The fourth-order valence-electron chi connectivity index (χ4n) is 2.96. The van der Waals surface area contributed by atoms with Gasteiger partial charge in [-0.3, -0.25) is 9.52 Å². The minimum Gasteiger partial charge on any atom is -0.334 e. The molecule has 1 N–H and O–H groups in total. The number of hydrogen-bond acceptors (Lipinski definition) is 5. The molecule has 2 aromatic heterocycles. The number of carbonyl (C=O) groups is 1. The molecule has 1 aliphatic heterocycles. The van der Waals surface area contributed by atoms with Gasteiger partial charge in [0.05, 0.1) is 11.3 Å². The van der Waals surface area contributed by atoms with Gasteiger partial charge < -0.3 is 4.90 Å². The van der Waals surface area contributed by atoms with E-state index in [2.05, 4.69) is 4.72 Å². The summed E-state index contributed by atoms with van der Waals surface area (Å²) in [6.45, 7) is 1.20. The predicted molar refractivity (Wildman–Crippen MR) is 104 cm³/mol. The van der Waals surface area contributed by atoms with Crippen LogP contribution in [0.5, 0.6) is 0 Å². The van der Waals surface area contributed by atoms with E-state index in [-0.39, 0.29) is 10.1 Å². The van der Waals surface area contributed by atoms with Crippen molar-refractivity contribution < 1.29 is 13.2 Å². The Balaban J connectivity index is 1.61. The van der Waals surface area contributed by atoms with Crippen LogP contribution in [0.2, 0.25) is 0 Å². The van der Waals surface area contributed by atoms with E-state index < -0.39 is 10.0 Å². The Morgan fingerprint density at radius 3 is 2.69 bits per heavy atom. The summed E-state index contributed by atoms with van der Waals surface area (Å²) < 4.78 is 27.8. The highest BCUT2D eigenvalue weighted by Crippen LogP contribution is 2.28. The average molecular weight is 405 g/mol. The summed E-state index contributed by atoms with van der Waals surface area (Å²) in [4.78, 5) is 16.1. The Kier molecular flexibility index (Phi) is 4.56. The van der Waals surface area contributed by atoms with Crippen LogP contribution < -0.4 is 4.72 Å². The molecule has 8 heteroatoms. The zero-order valence-electron chi connectivity index (χ0n) is 13.7. The van der Waals surface area contributed by atoms with E-state index in [4.69, 9.17) is 0 Å². The molecule has 0 spiro atoms. The smallest absolute Gasteiger partial charge is 0.271 e. The summed E-state index contributed by atoms with van der Waals surface area (Å²) in [6, 6.07) is 12.0. The number of rotatable bonds is 4. The molecular weight excluding hydrogens is 388 g/mol. The summed E-state index contributed by atoms with van der Waals surface area (Å²) in [5.41, 5.74) is 1.85. The van der Waals surface area contributed by atoms with Gasteiger partial charge in [0, 0.05) is 18.0 Å². The second-order valence-corrected chi connectivity index (χ2v) is 9.79. The first-order valence-electron chi connectivity index (χ1n) is 8.04. The van der Waals surface area contributed by atoms with Gasteiger partial charge in [0.2, 0.25) is 0 Å². The third-order valence-electron chi connectivity index (χ3n) is 4.26. The van der Waals surface area contributed by atoms with Crippen molar-refractivity contribution >= 4 is 44.3 Å². The number of carbonyl (C=O) groups excluding carboxylic acids is 1. The number of amides is 1. The molecule has 1 aliphatic rings. The van der Waals surface area contributed by atoms with Crippen LogP contribution in [-0.4, -0.2) is 25.8 Å². The molecule has 0 saturated heterocycles. The molecule has 0 bridgehead atoms. The number of para-hydroxylation sites is 1. The van der Waals surface area contributed by atoms with Gasteiger partial charge in [-0.2, -0.15) is 0 Å². The van der Waals surface area contributed by atoms with Gasteiger partial charge >= 0.3 is 0 Å². The molecular formula is C18H16N2O3S3. The number of fused-ring (bicyclic) bond motifs is 1. The first-order chi connectivity index (χ1) is 12.5. The topological polar surface area (TPSA) is 66.5 Å². The van der Waals surface area contributed by atoms with E-state index in [1.807, 2.05) is 11.4 Å². The highest BCUT2D eigenvalue weighted by Gasteiger charge is 2.25. The van der Waals surface area contributed by atoms with E-state index in [0.29, 0.717) is 24.3 Å². The first kappa shape index (κ1) is 17.3. The number of hydrogen-bond donors (Lipinski definition) is 1. The molecule has 0 saturated carbocycles. The number of anilines is 1. The van der Waals surface area contributed by atoms with Gasteiger partial charge in [-0.05, 0) is 47.0 Å². The lowest BCUT2D eigenvalue weighted by molar-refractivity contribution is 0.0737. The second-order valence-electron chi connectivity index (χ2n) is 5.93. The van der Waals surface area contributed by atoms with Crippen molar-refractivity contribution in [2.45, 2.75) is 17.2 Å². The Labute approximate surface area is 160 Å². The summed E-state index contributed by atoms with van der Waals surface area (Å²) in [5, 5.41) is 3.75. The Hall–Kier alpha value is -2.16. The summed E-state index contributed by atoms with van der Waals surface area (Å²) in [7, 11) is -3.70. The van der Waals surface area contributed by atoms with Crippen LogP contribution in [0, 0.1) is 0 Å². The van der Waals surface area contributed by atoms with E-state index in [9.17, 15) is 13.2 Å². The monoisotopic (exact) mass is 404 g/mol. The second kappa shape index (κ2) is 6.86. The minimum atomic E-state index is -3.70. The van der Waals surface area contributed by atoms with Gasteiger partial charge in [-0.25, -0.2) is 8.42 Å². The molecule has 1 aromatic carbocycles. The SMILES string of the molecule is O=C(c1ccccc1NS(=O)(=O)c1cccs1)N1CCc2sccc2C1. The molecule has 26 heavy (non-hydrogen) atoms. The van der Waals surface area contributed by atoms with E-state index in [0.717, 1.165) is 17.8 Å². The molecule has 134 valence electrons. The maximum atomic E-state index is 13.0. The normalized spacial score (nSPS) is 14.1. The molecule has 3 aromatic rings. The summed E-state index contributed by atoms with van der Waals surface area (Å²) in [5.74, 6) is -0.161. The van der Waals surface area contributed by atoms with Crippen molar-refractivity contribution in [2.24, 2.45) is 0 Å². The van der Waals surface area contributed by atoms with Gasteiger partial charge in [-0.1, -0.05) is 18.2 Å². The molecule has 0 aliphatic carbocycles. The molecule has 0 unspecified atom stereocenters. The summed E-state index contributed by atoms with van der Waals surface area (Å²) >= 11 is 2.86. The number of benzene rings is 1. The van der Waals surface area contributed by atoms with E-state index in [1.165, 1.54) is 10.4 Å². The Bertz CT molecular complexity index is 1040. The highest BCUT2D eigenvalue weighted by atomic mass is 32.2. The fraction of sp³-hybridized carbons (Fsp3) is 0.167. The van der Waals surface area contributed by atoms with Crippen LogP contribution in [0.15, 0.2) is 57.4 Å². The van der Waals surface area contributed by atoms with Crippen LogP contribution in [0.4, 0.5) is 5.69 Å². The molecule has 0 radical (unpaired) electrons. The molecule has 3 heterocycles. The van der Waals surface area contributed by atoms with Crippen molar-refractivity contribution in [2.75, 3.05) is 11.3 Å². The number of thiophene rings is 2. The van der Waals surface area contributed by atoms with Crippen LogP contribution in [-0.2, 0) is 23.0 Å². The predicted octanol–water partition coefficient (Wildman–Crippen LogP) is 3.81.